The van der Waals surface area contributed by atoms with Crippen LogP contribution in [0.15, 0.2) is 30.3 Å². The second-order valence-electron chi connectivity index (χ2n) is 7.87. The molecule has 7 heteroatoms. The van der Waals surface area contributed by atoms with Crippen molar-refractivity contribution < 1.29 is 19.1 Å². The van der Waals surface area contributed by atoms with Gasteiger partial charge in [-0.25, -0.2) is 4.79 Å². The van der Waals surface area contributed by atoms with E-state index in [9.17, 15) is 14.4 Å². The normalized spacial score (nSPS) is 20.7. The second kappa shape index (κ2) is 10.3. The molecule has 1 aromatic carbocycles. The number of benzene rings is 1. The first-order valence-corrected chi connectivity index (χ1v) is 10.6. The van der Waals surface area contributed by atoms with Crippen molar-refractivity contribution in [3.8, 4) is 0 Å². The van der Waals surface area contributed by atoms with Crippen LogP contribution in [0.3, 0.4) is 0 Å². The average molecular weight is 402 g/mol. The zero-order chi connectivity index (χ0) is 20.6. The number of anilines is 1. The molecule has 1 aromatic rings. The molecule has 3 rings (SSSR count). The van der Waals surface area contributed by atoms with Crippen molar-refractivity contribution >= 4 is 23.5 Å². The number of para-hydroxylation sites is 1. The van der Waals surface area contributed by atoms with E-state index in [0.717, 1.165) is 37.8 Å². The van der Waals surface area contributed by atoms with Crippen molar-refractivity contribution in [2.75, 3.05) is 25.5 Å². The van der Waals surface area contributed by atoms with Crippen molar-refractivity contribution in [1.29, 1.82) is 0 Å². The third-order valence-corrected chi connectivity index (χ3v) is 5.96. The quantitative estimate of drug-likeness (QED) is 0.685. The molecule has 1 saturated carbocycles. The summed E-state index contributed by atoms with van der Waals surface area (Å²) in [5.41, 5.74) is 0.898. The summed E-state index contributed by atoms with van der Waals surface area (Å²) >= 11 is 0. The summed E-state index contributed by atoms with van der Waals surface area (Å²) in [7, 11) is 1.33. The van der Waals surface area contributed by atoms with Gasteiger partial charge in [0.1, 0.15) is 12.1 Å². The molecule has 2 aliphatic rings. The van der Waals surface area contributed by atoms with Crippen molar-refractivity contribution in [3.05, 3.63) is 30.3 Å². The molecule has 1 unspecified atom stereocenters. The average Bonchev–Trinajstić information content (AvgIpc) is 3.26. The van der Waals surface area contributed by atoms with Crippen LogP contribution >= 0.6 is 0 Å². The number of hydrogen-bond acceptors (Lipinski definition) is 5. The molecule has 0 aromatic heterocycles. The van der Waals surface area contributed by atoms with Gasteiger partial charge in [0.15, 0.2) is 0 Å². The smallest absolute Gasteiger partial charge is 0.328 e. The Morgan fingerprint density at radius 1 is 1.07 bits per heavy atom. The first kappa shape index (κ1) is 21.1. The SMILES string of the molecule is COC(=O)[C@@H]1CCCN1C(=O)CNC(=O)C(Nc1ccccc1)C1CCCCC1. The van der Waals surface area contributed by atoms with Gasteiger partial charge in [-0.15, -0.1) is 0 Å². The van der Waals surface area contributed by atoms with E-state index in [1.807, 2.05) is 30.3 Å². The Balaban J connectivity index is 1.61. The molecule has 1 aliphatic carbocycles. The first-order chi connectivity index (χ1) is 14.1. The lowest BCUT2D eigenvalue weighted by Gasteiger charge is -2.31. The van der Waals surface area contributed by atoms with Gasteiger partial charge in [-0.1, -0.05) is 37.5 Å². The maximum absolute atomic E-state index is 13.0. The molecular formula is C22H31N3O4. The van der Waals surface area contributed by atoms with E-state index in [-0.39, 0.29) is 30.3 Å². The monoisotopic (exact) mass is 401 g/mol. The summed E-state index contributed by atoms with van der Waals surface area (Å²) in [6.07, 6.45) is 6.83. The van der Waals surface area contributed by atoms with Crippen molar-refractivity contribution in [2.45, 2.75) is 57.0 Å². The molecule has 29 heavy (non-hydrogen) atoms. The van der Waals surface area contributed by atoms with E-state index in [1.54, 1.807) is 0 Å². The maximum atomic E-state index is 13.0. The minimum absolute atomic E-state index is 0.105. The number of hydrogen-bond donors (Lipinski definition) is 2. The largest absolute Gasteiger partial charge is 0.467 e. The molecule has 1 saturated heterocycles. The zero-order valence-electron chi connectivity index (χ0n) is 17.1. The molecule has 7 nitrogen and oxygen atoms in total. The first-order valence-electron chi connectivity index (χ1n) is 10.6. The number of rotatable bonds is 7. The number of esters is 1. The number of ether oxygens (including phenoxy) is 1. The number of carbonyl (C=O) groups is 3. The summed E-state index contributed by atoms with van der Waals surface area (Å²) in [6, 6.07) is 8.78. The van der Waals surface area contributed by atoms with Crippen molar-refractivity contribution in [1.82, 2.24) is 10.2 Å². The minimum Gasteiger partial charge on any atom is -0.467 e. The molecule has 158 valence electrons. The van der Waals surface area contributed by atoms with E-state index in [2.05, 4.69) is 10.6 Å². The lowest BCUT2D eigenvalue weighted by atomic mass is 9.83. The van der Waals surface area contributed by atoms with Crippen molar-refractivity contribution in [3.63, 3.8) is 0 Å². The molecule has 2 atom stereocenters. The molecule has 0 radical (unpaired) electrons. The van der Waals surface area contributed by atoms with Gasteiger partial charge >= 0.3 is 5.97 Å². The lowest BCUT2D eigenvalue weighted by molar-refractivity contribution is -0.150. The molecular weight excluding hydrogens is 370 g/mol. The number of carbonyl (C=O) groups excluding carboxylic acids is 3. The van der Waals surface area contributed by atoms with Crippen LogP contribution in [0.4, 0.5) is 5.69 Å². The van der Waals surface area contributed by atoms with Gasteiger partial charge in [0, 0.05) is 12.2 Å². The second-order valence-corrected chi connectivity index (χ2v) is 7.87. The fourth-order valence-electron chi connectivity index (χ4n) is 4.40. The minimum atomic E-state index is -0.541. The van der Waals surface area contributed by atoms with E-state index in [0.29, 0.717) is 13.0 Å². The molecule has 1 heterocycles. The number of nitrogens with zero attached hydrogens (tertiary/aromatic N) is 1. The lowest BCUT2D eigenvalue weighted by Crippen LogP contribution is -2.50. The Morgan fingerprint density at radius 3 is 2.48 bits per heavy atom. The fourth-order valence-corrected chi connectivity index (χ4v) is 4.40. The van der Waals surface area contributed by atoms with Gasteiger partial charge in [0.05, 0.1) is 13.7 Å². The van der Waals surface area contributed by atoms with Crippen LogP contribution in [0, 0.1) is 5.92 Å². The standard InChI is InChI=1S/C22H31N3O4/c1-29-22(28)18-13-8-14-25(18)19(26)15-23-21(27)20(16-9-4-2-5-10-16)24-17-11-6-3-7-12-17/h3,6-7,11-12,16,18,20,24H,2,4-5,8-10,13-15H2,1H3,(H,23,27)/t18-,20?/m0/s1. The Kier molecular flexibility index (Phi) is 7.49. The number of nitrogens with one attached hydrogen (secondary N) is 2. The molecule has 0 bridgehead atoms. The topological polar surface area (TPSA) is 87.7 Å². The highest BCUT2D eigenvalue weighted by Gasteiger charge is 2.35. The Morgan fingerprint density at radius 2 is 1.79 bits per heavy atom. The van der Waals surface area contributed by atoms with E-state index < -0.39 is 12.0 Å². The Labute approximate surface area is 172 Å². The summed E-state index contributed by atoms with van der Waals surface area (Å²) in [6.45, 7) is 0.412. The van der Waals surface area contributed by atoms with Gasteiger partial charge in [0.2, 0.25) is 11.8 Å². The predicted octanol–water partition coefficient (Wildman–Crippen LogP) is 2.33. The predicted molar refractivity (Wildman–Crippen MR) is 110 cm³/mol. The molecule has 0 spiro atoms. The molecule has 2 amide bonds. The van der Waals surface area contributed by atoms with Crippen LogP contribution in [0.25, 0.3) is 0 Å². The third-order valence-electron chi connectivity index (χ3n) is 5.96. The van der Waals surface area contributed by atoms with E-state index in [1.165, 1.54) is 18.4 Å². The summed E-state index contributed by atoms with van der Waals surface area (Å²) in [4.78, 5) is 39.0. The highest BCUT2D eigenvalue weighted by atomic mass is 16.5. The highest BCUT2D eigenvalue weighted by molar-refractivity contribution is 5.91. The fraction of sp³-hybridized carbons (Fsp3) is 0.591. The van der Waals surface area contributed by atoms with Crippen molar-refractivity contribution in [2.24, 2.45) is 5.92 Å². The maximum Gasteiger partial charge on any atom is 0.328 e. The molecule has 2 N–H and O–H groups in total. The van der Waals surface area contributed by atoms with Crippen LogP contribution < -0.4 is 10.6 Å². The molecule has 1 aliphatic heterocycles. The van der Waals surface area contributed by atoms with Crippen LogP contribution in [0.2, 0.25) is 0 Å². The van der Waals surface area contributed by atoms with E-state index in [4.69, 9.17) is 4.74 Å². The van der Waals surface area contributed by atoms with Crippen LogP contribution in [-0.4, -0.2) is 55.0 Å². The Hall–Kier alpha value is -2.57. The summed E-state index contributed by atoms with van der Waals surface area (Å²) < 4.78 is 4.79. The number of methoxy groups -OCH3 is 1. The summed E-state index contributed by atoms with van der Waals surface area (Å²) in [5, 5.41) is 6.18. The third kappa shape index (κ3) is 5.49. The van der Waals surface area contributed by atoms with Gasteiger partial charge < -0.3 is 20.3 Å². The van der Waals surface area contributed by atoms with E-state index >= 15 is 0 Å². The highest BCUT2D eigenvalue weighted by Crippen LogP contribution is 2.28. The van der Waals surface area contributed by atoms with Gasteiger partial charge in [0.25, 0.3) is 0 Å². The van der Waals surface area contributed by atoms with Crippen LogP contribution in [-0.2, 0) is 19.1 Å². The number of amides is 2. The Bertz CT molecular complexity index is 703. The number of likely N-dealkylation sites (tertiary alicyclic amines) is 1. The summed E-state index contributed by atoms with van der Waals surface area (Å²) in [5.74, 6) is -0.557. The van der Waals surface area contributed by atoms with Gasteiger partial charge in [-0.2, -0.15) is 0 Å². The zero-order valence-corrected chi connectivity index (χ0v) is 17.1. The molecule has 2 fully saturated rings. The van der Waals surface area contributed by atoms with Gasteiger partial charge in [-0.3, -0.25) is 9.59 Å². The van der Waals surface area contributed by atoms with Gasteiger partial charge in [-0.05, 0) is 43.7 Å². The van der Waals surface area contributed by atoms with Crippen LogP contribution in [0.1, 0.15) is 44.9 Å². The van der Waals surface area contributed by atoms with Crippen LogP contribution in [0.5, 0.6) is 0 Å².